The third-order valence-electron chi connectivity index (χ3n) is 3.26. The molecule has 0 unspecified atom stereocenters. The number of nitriles is 1. The zero-order valence-electron chi connectivity index (χ0n) is 10.5. The standard InChI is InChI=1S/C12H13N7/c1-14-9-4-12(18-17-10(9)5-13)19-3-2-8-11(6-19)16-7-15-8/h4,7H,2-3,6H2,1H3,(H,14,18)(H,15,16). The lowest BCUT2D eigenvalue weighted by atomic mass is 10.1. The van der Waals surface area contributed by atoms with Crippen LogP contribution in [0.3, 0.4) is 0 Å². The Balaban J connectivity index is 1.90. The molecule has 2 N–H and O–H groups in total. The van der Waals surface area contributed by atoms with E-state index in [1.807, 2.05) is 12.1 Å². The molecule has 7 nitrogen and oxygen atoms in total. The Kier molecular flexibility index (Phi) is 2.76. The second kappa shape index (κ2) is 4.57. The van der Waals surface area contributed by atoms with Gasteiger partial charge in [-0.1, -0.05) is 0 Å². The van der Waals surface area contributed by atoms with Crippen molar-refractivity contribution in [1.82, 2.24) is 20.2 Å². The van der Waals surface area contributed by atoms with E-state index in [0.29, 0.717) is 11.4 Å². The first-order valence-corrected chi connectivity index (χ1v) is 6.03. The van der Waals surface area contributed by atoms with Crippen molar-refractivity contribution in [2.45, 2.75) is 13.0 Å². The van der Waals surface area contributed by atoms with E-state index in [0.717, 1.165) is 36.7 Å². The third kappa shape index (κ3) is 1.97. The van der Waals surface area contributed by atoms with Crippen LogP contribution < -0.4 is 10.2 Å². The summed E-state index contributed by atoms with van der Waals surface area (Å²) in [6.45, 7) is 1.58. The summed E-state index contributed by atoms with van der Waals surface area (Å²) >= 11 is 0. The number of aromatic nitrogens is 4. The largest absolute Gasteiger partial charge is 0.386 e. The maximum Gasteiger partial charge on any atom is 0.186 e. The number of aromatic amines is 1. The molecular formula is C12H13N7. The first-order chi connectivity index (χ1) is 9.31. The molecule has 0 amide bonds. The van der Waals surface area contributed by atoms with E-state index in [2.05, 4.69) is 30.4 Å². The van der Waals surface area contributed by atoms with Gasteiger partial charge in [0.25, 0.3) is 0 Å². The number of rotatable bonds is 2. The first kappa shape index (κ1) is 11.5. The van der Waals surface area contributed by atoms with Gasteiger partial charge in [-0.25, -0.2) is 4.98 Å². The summed E-state index contributed by atoms with van der Waals surface area (Å²) in [4.78, 5) is 9.53. The van der Waals surface area contributed by atoms with Crippen LogP contribution in [0.5, 0.6) is 0 Å². The van der Waals surface area contributed by atoms with Gasteiger partial charge in [0.05, 0.1) is 29.9 Å². The molecule has 1 aliphatic heterocycles. The second-order valence-electron chi connectivity index (χ2n) is 4.33. The highest BCUT2D eigenvalue weighted by molar-refractivity contribution is 5.59. The van der Waals surface area contributed by atoms with Gasteiger partial charge in [0.2, 0.25) is 0 Å². The molecule has 2 aromatic heterocycles. The highest BCUT2D eigenvalue weighted by Gasteiger charge is 2.20. The molecule has 0 saturated carbocycles. The fraction of sp³-hybridized carbons (Fsp3) is 0.333. The van der Waals surface area contributed by atoms with E-state index in [-0.39, 0.29) is 0 Å². The molecule has 0 atom stereocenters. The average Bonchev–Trinajstić information content (AvgIpc) is 2.93. The predicted molar refractivity (Wildman–Crippen MR) is 69.6 cm³/mol. The molecule has 0 spiro atoms. The molecule has 0 radical (unpaired) electrons. The Morgan fingerprint density at radius 2 is 2.37 bits per heavy atom. The summed E-state index contributed by atoms with van der Waals surface area (Å²) in [7, 11) is 1.77. The molecular weight excluding hydrogens is 242 g/mol. The van der Waals surface area contributed by atoms with Crippen molar-refractivity contribution >= 4 is 11.5 Å². The third-order valence-corrected chi connectivity index (χ3v) is 3.26. The predicted octanol–water partition coefficient (Wildman–Crippen LogP) is 0.676. The monoisotopic (exact) mass is 255 g/mol. The van der Waals surface area contributed by atoms with Crippen LogP contribution in [-0.2, 0) is 13.0 Å². The SMILES string of the molecule is CNc1cc(N2CCc3nc[nH]c3C2)nnc1C#N. The van der Waals surface area contributed by atoms with Crippen molar-refractivity contribution in [2.75, 3.05) is 23.8 Å². The lowest BCUT2D eigenvalue weighted by molar-refractivity contribution is 0.694. The topological polar surface area (TPSA) is 93.5 Å². The minimum atomic E-state index is 0.311. The molecule has 0 aromatic carbocycles. The van der Waals surface area contributed by atoms with Crippen LogP contribution in [0.4, 0.5) is 11.5 Å². The summed E-state index contributed by atoms with van der Waals surface area (Å²) in [5, 5.41) is 20.0. The second-order valence-corrected chi connectivity index (χ2v) is 4.33. The minimum Gasteiger partial charge on any atom is -0.386 e. The highest BCUT2D eigenvalue weighted by atomic mass is 15.3. The van der Waals surface area contributed by atoms with Crippen LogP contribution in [0.1, 0.15) is 17.1 Å². The van der Waals surface area contributed by atoms with Crippen LogP contribution in [0.2, 0.25) is 0 Å². The van der Waals surface area contributed by atoms with Gasteiger partial charge in [-0.05, 0) is 0 Å². The Bertz CT molecular complexity index is 640. The van der Waals surface area contributed by atoms with E-state index in [9.17, 15) is 0 Å². The Morgan fingerprint density at radius 1 is 1.47 bits per heavy atom. The number of nitrogens with one attached hydrogen (secondary N) is 2. The van der Waals surface area contributed by atoms with Crippen LogP contribution in [-0.4, -0.2) is 33.8 Å². The number of H-pyrrole nitrogens is 1. The van der Waals surface area contributed by atoms with Crippen molar-refractivity contribution < 1.29 is 0 Å². The van der Waals surface area contributed by atoms with Crippen molar-refractivity contribution in [1.29, 1.82) is 5.26 Å². The lowest BCUT2D eigenvalue weighted by Gasteiger charge is -2.27. The molecule has 0 fully saturated rings. The highest BCUT2D eigenvalue weighted by Crippen LogP contribution is 2.23. The van der Waals surface area contributed by atoms with E-state index < -0.39 is 0 Å². The maximum absolute atomic E-state index is 8.93. The normalized spacial score (nSPS) is 13.8. The summed E-state index contributed by atoms with van der Waals surface area (Å²) < 4.78 is 0. The zero-order chi connectivity index (χ0) is 13.2. The smallest absolute Gasteiger partial charge is 0.186 e. The van der Waals surface area contributed by atoms with Crippen LogP contribution in [0.15, 0.2) is 12.4 Å². The first-order valence-electron chi connectivity index (χ1n) is 6.03. The molecule has 7 heteroatoms. The molecule has 0 saturated heterocycles. The van der Waals surface area contributed by atoms with Crippen molar-refractivity contribution in [3.05, 3.63) is 29.5 Å². The summed E-state index contributed by atoms with van der Waals surface area (Å²) in [6, 6.07) is 3.87. The van der Waals surface area contributed by atoms with E-state index in [4.69, 9.17) is 5.26 Å². The van der Waals surface area contributed by atoms with Gasteiger partial charge in [-0.2, -0.15) is 5.26 Å². The molecule has 3 heterocycles. The van der Waals surface area contributed by atoms with Gasteiger partial charge in [-0.3, -0.25) is 0 Å². The van der Waals surface area contributed by atoms with Crippen molar-refractivity contribution in [3.63, 3.8) is 0 Å². The summed E-state index contributed by atoms with van der Waals surface area (Å²) in [5.41, 5.74) is 3.24. The average molecular weight is 255 g/mol. The van der Waals surface area contributed by atoms with Gasteiger partial charge >= 0.3 is 0 Å². The van der Waals surface area contributed by atoms with Gasteiger partial charge in [0, 0.05) is 26.1 Å². The van der Waals surface area contributed by atoms with Crippen LogP contribution >= 0.6 is 0 Å². The maximum atomic E-state index is 8.93. The molecule has 2 aromatic rings. The summed E-state index contributed by atoms with van der Waals surface area (Å²) in [5.74, 6) is 0.767. The van der Waals surface area contributed by atoms with Crippen molar-refractivity contribution in [2.24, 2.45) is 0 Å². The number of hydrogen-bond acceptors (Lipinski definition) is 6. The zero-order valence-corrected chi connectivity index (χ0v) is 10.5. The number of imidazole rings is 1. The number of hydrogen-bond donors (Lipinski definition) is 2. The molecule has 3 rings (SSSR count). The van der Waals surface area contributed by atoms with Crippen molar-refractivity contribution in [3.8, 4) is 6.07 Å². The number of nitrogens with zero attached hydrogens (tertiary/aromatic N) is 5. The van der Waals surface area contributed by atoms with E-state index in [1.54, 1.807) is 13.4 Å². The Hall–Kier alpha value is -2.62. The quantitative estimate of drug-likeness (QED) is 0.819. The van der Waals surface area contributed by atoms with E-state index in [1.165, 1.54) is 0 Å². The van der Waals surface area contributed by atoms with Crippen LogP contribution in [0, 0.1) is 11.3 Å². The number of fused-ring (bicyclic) bond motifs is 1. The van der Waals surface area contributed by atoms with Gasteiger partial charge in [0.15, 0.2) is 11.5 Å². The fourth-order valence-electron chi connectivity index (χ4n) is 2.22. The Labute approximate surface area is 110 Å². The number of anilines is 2. The Morgan fingerprint density at radius 3 is 3.16 bits per heavy atom. The molecule has 0 bridgehead atoms. The lowest BCUT2D eigenvalue weighted by Crippen LogP contribution is -2.31. The van der Waals surface area contributed by atoms with Gasteiger partial charge < -0.3 is 15.2 Å². The fourth-order valence-corrected chi connectivity index (χ4v) is 2.22. The minimum absolute atomic E-state index is 0.311. The van der Waals surface area contributed by atoms with Gasteiger partial charge in [0.1, 0.15) is 6.07 Å². The molecule has 1 aliphatic rings. The molecule has 0 aliphatic carbocycles. The molecule has 19 heavy (non-hydrogen) atoms. The summed E-state index contributed by atoms with van der Waals surface area (Å²) in [6.07, 6.45) is 2.60. The van der Waals surface area contributed by atoms with Crippen LogP contribution in [0.25, 0.3) is 0 Å². The molecule has 96 valence electrons. The van der Waals surface area contributed by atoms with E-state index >= 15 is 0 Å². The van der Waals surface area contributed by atoms with Gasteiger partial charge in [-0.15, -0.1) is 10.2 Å².